The van der Waals surface area contributed by atoms with Crippen LogP contribution < -0.4 is 0 Å². The van der Waals surface area contributed by atoms with Gasteiger partial charge in [0.05, 0.1) is 0 Å². The molecule has 3 rings (SSSR count). The van der Waals surface area contributed by atoms with Crippen molar-refractivity contribution in [3.63, 3.8) is 0 Å². The van der Waals surface area contributed by atoms with Crippen molar-refractivity contribution in [2.75, 3.05) is 0 Å². The molecule has 3 aliphatic carbocycles. The average Bonchev–Trinajstić information content (AvgIpc) is 3.20. The van der Waals surface area contributed by atoms with Crippen molar-refractivity contribution in [2.45, 2.75) is 123 Å². The lowest BCUT2D eigenvalue weighted by Gasteiger charge is -2.37. The molecular weight excluding hydrogens is 336 g/mol. The third kappa shape index (κ3) is 6.77. The molecule has 4 unspecified atom stereocenters. The van der Waals surface area contributed by atoms with Gasteiger partial charge in [0, 0.05) is 0 Å². The van der Waals surface area contributed by atoms with Crippen LogP contribution in [0.15, 0.2) is 0 Å². The summed E-state index contributed by atoms with van der Waals surface area (Å²) in [6, 6.07) is 0. The van der Waals surface area contributed by atoms with Crippen LogP contribution in [0.25, 0.3) is 0 Å². The minimum Gasteiger partial charge on any atom is -0.0776 e. The van der Waals surface area contributed by atoms with E-state index in [0.29, 0.717) is 10.8 Å². The summed E-state index contributed by atoms with van der Waals surface area (Å²) in [5, 5.41) is 0. The predicted molar refractivity (Wildman–Crippen MR) is 131 cm³/mol. The second-order valence-electron chi connectivity index (χ2n) is 13.0. The topological polar surface area (TPSA) is 0 Å². The molecule has 28 heavy (non-hydrogen) atoms. The number of fused-ring (bicyclic) bond motifs is 2. The van der Waals surface area contributed by atoms with Crippen molar-refractivity contribution < 1.29 is 0 Å². The van der Waals surface area contributed by atoms with Crippen LogP contribution >= 0.6 is 0 Å². The van der Waals surface area contributed by atoms with Crippen LogP contribution in [-0.2, 0) is 0 Å². The molecule has 0 heterocycles. The van der Waals surface area contributed by atoms with E-state index in [9.17, 15) is 0 Å². The van der Waals surface area contributed by atoms with Crippen molar-refractivity contribution in [1.29, 1.82) is 0 Å². The minimum absolute atomic E-state index is 0. The van der Waals surface area contributed by atoms with E-state index in [-0.39, 0.29) is 14.9 Å². The Morgan fingerprint density at radius 1 is 0.607 bits per heavy atom. The van der Waals surface area contributed by atoms with E-state index in [1.54, 1.807) is 6.42 Å². The molecule has 0 nitrogen and oxygen atoms in total. The standard InChI is InChI=1S/C14H26.C12H24.2CH4/c1-9(2)12-7-11-6-10(12)8-13(11)14(3,4)5;1-9(2)10-6-7-11(8-10)12(3,4)5;;/h9-13H,6-8H2,1-5H3;9-11H,6-8H2,1-5H3;2*1H4/t10-,11-,12?,13?;;;/m1.../s1. The highest BCUT2D eigenvalue weighted by Crippen LogP contribution is 2.58. The first-order valence-corrected chi connectivity index (χ1v) is 11.8. The summed E-state index contributed by atoms with van der Waals surface area (Å²) >= 11 is 0. The molecule has 0 aromatic rings. The van der Waals surface area contributed by atoms with Gasteiger partial charge in [-0.2, -0.15) is 0 Å². The molecule has 0 N–H and O–H groups in total. The summed E-state index contributed by atoms with van der Waals surface area (Å²) in [5.41, 5.74) is 1.10. The van der Waals surface area contributed by atoms with Gasteiger partial charge in [0.15, 0.2) is 0 Å². The molecule has 3 fully saturated rings. The van der Waals surface area contributed by atoms with Gasteiger partial charge < -0.3 is 0 Å². The van der Waals surface area contributed by atoms with E-state index in [2.05, 4.69) is 69.2 Å². The van der Waals surface area contributed by atoms with Gasteiger partial charge >= 0.3 is 0 Å². The molecule has 0 aromatic carbocycles. The average molecular weight is 395 g/mol. The molecule has 0 amide bonds. The summed E-state index contributed by atoms with van der Waals surface area (Å²) in [7, 11) is 0. The fourth-order valence-electron chi connectivity index (χ4n) is 6.61. The van der Waals surface area contributed by atoms with E-state index in [0.717, 1.165) is 47.3 Å². The van der Waals surface area contributed by atoms with Crippen LogP contribution in [0, 0.1) is 58.2 Å². The summed E-state index contributed by atoms with van der Waals surface area (Å²) < 4.78 is 0. The molecule has 0 saturated heterocycles. The number of hydrogen-bond donors (Lipinski definition) is 0. The third-order valence-corrected chi connectivity index (χ3v) is 8.52. The lowest BCUT2D eigenvalue weighted by Crippen LogP contribution is -2.29. The molecule has 0 radical (unpaired) electrons. The monoisotopic (exact) mass is 394 g/mol. The zero-order valence-electron chi connectivity index (χ0n) is 19.9. The molecule has 3 aliphatic rings. The normalized spacial score (nSPS) is 34.7. The molecule has 6 atom stereocenters. The highest BCUT2D eigenvalue weighted by atomic mass is 14.5. The van der Waals surface area contributed by atoms with E-state index < -0.39 is 0 Å². The van der Waals surface area contributed by atoms with Crippen molar-refractivity contribution in [3.8, 4) is 0 Å². The molecule has 0 aromatic heterocycles. The number of hydrogen-bond acceptors (Lipinski definition) is 0. The molecular formula is C28H58. The molecule has 0 spiro atoms. The predicted octanol–water partition coefficient (Wildman–Crippen LogP) is 9.73. The highest BCUT2D eigenvalue weighted by Gasteiger charge is 2.49. The van der Waals surface area contributed by atoms with Crippen LogP contribution in [0.3, 0.4) is 0 Å². The number of rotatable bonds is 2. The quantitative estimate of drug-likeness (QED) is 0.437. The van der Waals surface area contributed by atoms with E-state index in [4.69, 9.17) is 0 Å². The van der Waals surface area contributed by atoms with Gasteiger partial charge in [-0.15, -0.1) is 0 Å². The Balaban J connectivity index is 0.000000492. The largest absolute Gasteiger partial charge is 0.0776 e. The molecule has 170 valence electrons. The SMILES string of the molecule is C.C.CC(C)C1CCC(C(C)(C)C)C1.CC(C)C1C[C@H]2C[C@@H]1CC2C(C)(C)C. The van der Waals surface area contributed by atoms with Gasteiger partial charge in [-0.1, -0.05) is 84.1 Å². The van der Waals surface area contributed by atoms with Crippen LogP contribution in [0.4, 0.5) is 0 Å². The zero-order valence-corrected chi connectivity index (χ0v) is 19.9. The second-order valence-corrected chi connectivity index (χ2v) is 13.0. The Morgan fingerprint density at radius 3 is 1.46 bits per heavy atom. The van der Waals surface area contributed by atoms with Gasteiger partial charge in [-0.05, 0) is 96.7 Å². The fourth-order valence-corrected chi connectivity index (χ4v) is 6.61. The first-order valence-electron chi connectivity index (χ1n) is 11.8. The lowest BCUT2D eigenvalue weighted by molar-refractivity contribution is 0.119. The van der Waals surface area contributed by atoms with Crippen molar-refractivity contribution in [1.82, 2.24) is 0 Å². The first kappa shape index (κ1) is 28.0. The van der Waals surface area contributed by atoms with Crippen molar-refractivity contribution >= 4 is 0 Å². The maximum absolute atomic E-state index is 2.43. The zero-order chi connectivity index (χ0) is 19.9. The highest BCUT2D eigenvalue weighted by molar-refractivity contribution is 4.99. The Kier molecular flexibility index (Phi) is 10.3. The van der Waals surface area contributed by atoms with Crippen LogP contribution in [-0.4, -0.2) is 0 Å². The van der Waals surface area contributed by atoms with E-state index in [1.807, 2.05) is 0 Å². The molecule has 0 aliphatic heterocycles. The summed E-state index contributed by atoms with van der Waals surface area (Å²) in [6.45, 7) is 24.0. The van der Waals surface area contributed by atoms with Gasteiger partial charge in [0.1, 0.15) is 0 Å². The fraction of sp³-hybridized carbons (Fsp3) is 1.00. The maximum atomic E-state index is 2.43. The van der Waals surface area contributed by atoms with Crippen molar-refractivity contribution in [3.05, 3.63) is 0 Å². The van der Waals surface area contributed by atoms with Gasteiger partial charge in [-0.3, -0.25) is 0 Å². The van der Waals surface area contributed by atoms with E-state index >= 15 is 0 Å². The minimum atomic E-state index is 0. The Bertz CT molecular complexity index is 430. The second kappa shape index (κ2) is 10.3. The van der Waals surface area contributed by atoms with Crippen LogP contribution in [0.5, 0.6) is 0 Å². The smallest absolute Gasteiger partial charge is 0.0334 e. The molecule has 0 heteroatoms. The summed E-state index contributed by atoms with van der Waals surface area (Å²) in [4.78, 5) is 0. The maximum Gasteiger partial charge on any atom is -0.0334 e. The van der Waals surface area contributed by atoms with Gasteiger partial charge in [0.2, 0.25) is 0 Å². The van der Waals surface area contributed by atoms with Crippen molar-refractivity contribution in [2.24, 2.45) is 58.2 Å². The molecule has 3 saturated carbocycles. The lowest BCUT2D eigenvalue weighted by atomic mass is 9.68. The van der Waals surface area contributed by atoms with Crippen LogP contribution in [0.2, 0.25) is 0 Å². The summed E-state index contributed by atoms with van der Waals surface area (Å²) in [5.74, 6) is 8.01. The van der Waals surface area contributed by atoms with Gasteiger partial charge in [-0.25, -0.2) is 0 Å². The first-order chi connectivity index (χ1) is 11.8. The van der Waals surface area contributed by atoms with Crippen LogP contribution in [0.1, 0.15) is 123 Å². The van der Waals surface area contributed by atoms with E-state index in [1.165, 1.54) is 32.1 Å². The third-order valence-electron chi connectivity index (χ3n) is 8.52. The van der Waals surface area contributed by atoms with Gasteiger partial charge in [0.25, 0.3) is 0 Å². The molecule has 2 bridgehead atoms. The Hall–Kier alpha value is 0. The Morgan fingerprint density at radius 2 is 1.18 bits per heavy atom. The summed E-state index contributed by atoms with van der Waals surface area (Å²) in [6.07, 6.45) is 9.01. The Labute approximate surface area is 181 Å².